The van der Waals surface area contributed by atoms with E-state index in [1.54, 1.807) is 11.8 Å². The van der Waals surface area contributed by atoms with Crippen molar-refractivity contribution < 1.29 is 4.79 Å². The number of carbonyl (C=O) groups excluding carboxylic acids is 1. The number of carbonyl (C=O) groups is 1. The van der Waals surface area contributed by atoms with E-state index in [2.05, 4.69) is 20.4 Å². The minimum Gasteiger partial charge on any atom is -0.346 e. The van der Waals surface area contributed by atoms with Gasteiger partial charge in [-0.2, -0.15) is 0 Å². The van der Waals surface area contributed by atoms with Crippen LogP contribution in [0.4, 0.5) is 0 Å². The average Bonchev–Trinajstić information content (AvgIpc) is 3.05. The van der Waals surface area contributed by atoms with Crippen molar-refractivity contribution in [1.82, 2.24) is 20.4 Å². The quantitative estimate of drug-likeness (QED) is 0.922. The number of nitrogens with one attached hydrogen (secondary N) is 1. The first-order valence-corrected chi connectivity index (χ1v) is 9.51. The summed E-state index contributed by atoms with van der Waals surface area (Å²) in [5, 5.41) is 11.8. The number of nitrogens with zero attached hydrogens (tertiary/aromatic N) is 3. The van der Waals surface area contributed by atoms with Crippen LogP contribution in [-0.2, 0) is 0 Å². The van der Waals surface area contributed by atoms with Crippen molar-refractivity contribution in [1.29, 1.82) is 0 Å². The largest absolute Gasteiger partial charge is 0.346 e. The Hall–Kier alpha value is -1.44. The van der Waals surface area contributed by atoms with E-state index in [-0.39, 0.29) is 11.9 Å². The zero-order valence-corrected chi connectivity index (χ0v) is 14.3. The Balaban J connectivity index is 1.39. The van der Waals surface area contributed by atoms with E-state index >= 15 is 0 Å². The molecule has 5 rings (SSSR count). The minimum absolute atomic E-state index is 0.0823. The van der Waals surface area contributed by atoms with Crippen LogP contribution in [0.5, 0.6) is 0 Å². The Kier molecular flexibility index (Phi) is 4.33. The summed E-state index contributed by atoms with van der Waals surface area (Å²) in [6.07, 6.45) is 2.38. The Labute approximate surface area is 143 Å². The second-order valence-corrected chi connectivity index (χ2v) is 8.30. The molecule has 0 radical (unpaired) electrons. The van der Waals surface area contributed by atoms with Crippen LogP contribution < -0.4 is 5.32 Å². The summed E-state index contributed by atoms with van der Waals surface area (Å²) < 4.78 is 0.801. The average molecular weight is 346 g/mol. The maximum Gasteiger partial charge on any atom is 0.282 e. The molecule has 1 aromatic heterocycles. The lowest BCUT2D eigenvalue weighted by molar-refractivity contribution is 0.0620. The van der Waals surface area contributed by atoms with Gasteiger partial charge < -0.3 is 10.2 Å². The van der Waals surface area contributed by atoms with Gasteiger partial charge in [-0.05, 0) is 44.0 Å². The van der Waals surface area contributed by atoms with Gasteiger partial charge in [-0.25, -0.2) is 0 Å². The third-order valence-electron chi connectivity index (χ3n) is 4.52. The van der Waals surface area contributed by atoms with Crippen LogP contribution in [0.1, 0.15) is 22.6 Å². The summed E-state index contributed by atoms with van der Waals surface area (Å²) in [5.41, 5.74) is 0. The van der Waals surface area contributed by atoms with Gasteiger partial charge in [-0.15, -0.1) is 10.2 Å². The van der Waals surface area contributed by atoms with E-state index < -0.39 is 0 Å². The number of piperidine rings is 3. The Morgan fingerprint density at radius 1 is 1.22 bits per heavy atom. The first kappa shape index (κ1) is 15.1. The zero-order valence-electron chi connectivity index (χ0n) is 12.6. The van der Waals surface area contributed by atoms with Crippen molar-refractivity contribution in [3.05, 3.63) is 35.3 Å². The van der Waals surface area contributed by atoms with Crippen molar-refractivity contribution in [2.24, 2.45) is 5.92 Å². The van der Waals surface area contributed by atoms with E-state index in [1.807, 2.05) is 30.3 Å². The normalized spacial score (nSPS) is 26.2. The fourth-order valence-corrected chi connectivity index (χ4v) is 5.04. The molecule has 4 heterocycles. The first-order valence-electron chi connectivity index (χ1n) is 7.87. The number of amides is 1. The van der Waals surface area contributed by atoms with Gasteiger partial charge in [0.05, 0.1) is 0 Å². The lowest BCUT2D eigenvalue weighted by Crippen LogP contribution is -2.57. The number of rotatable bonds is 4. The molecule has 0 spiro atoms. The number of fused-ring (bicyclic) bond motifs is 3. The molecule has 5 nitrogen and oxygen atoms in total. The first-order chi connectivity index (χ1) is 11.3. The van der Waals surface area contributed by atoms with E-state index in [0.29, 0.717) is 10.9 Å². The van der Waals surface area contributed by atoms with Gasteiger partial charge in [0, 0.05) is 17.5 Å². The predicted octanol–water partition coefficient (Wildman–Crippen LogP) is 2.51. The van der Waals surface area contributed by atoms with E-state index in [4.69, 9.17) is 0 Å². The van der Waals surface area contributed by atoms with Gasteiger partial charge in [0.2, 0.25) is 5.01 Å². The van der Waals surface area contributed by atoms with Gasteiger partial charge in [0.15, 0.2) is 4.34 Å². The molecule has 1 N–H and O–H groups in total. The number of benzene rings is 1. The van der Waals surface area contributed by atoms with Crippen LogP contribution in [0.3, 0.4) is 0 Å². The second kappa shape index (κ2) is 6.59. The highest BCUT2D eigenvalue weighted by atomic mass is 32.2. The molecule has 3 fully saturated rings. The van der Waals surface area contributed by atoms with Gasteiger partial charge in [0.1, 0.15) is 0 Å². The molecule has 2 bridgehead atoms. The molecule has 1 amide bonds. The number of hydrogen-bond donors (Lipinski definition) is 1. The van der Waals surface area contributed by atoms with Crippen LogP contribution in [0.15, 0.2) is 39.6 Å². The van der Waals surface area contributed by atoms with Crippen LogP contribution >= 0.6 is 23.1 Å². The SMILES string of the molecule is O=C(NC1CN2CCC1CC2)c1nnc(Sc2ccccc2)s1. The van der Waals surface area contributed by atoms with Crippen molar-refractivity contribution in [3.63, 3.8) is 0 Å². The summed E-state index contributed by atoms with van der Waals surface area (Å²) >= 11 is 2.90. The summed E-state index contributed by atoms with van der Waals surface area (Å²) in [6.45, 7) is 3.32. The molecular weight excluding hydrogens is 328 g/mol. The molecule has 3 aliphatic rings. The highest BCUT2D eigenvalue weighted by Crippen LogP contribution is 2.31. The lowest BCUT2D eigenvalue weighted by atomic mass is 9.84. The van der Waals surface area contributed by atoms with Crippen LogP contribution in [0.2, 0.25) is 0 Å². The van der Waals surface area contributed by atoms with Gasteiger partial charge >= 0.3 is 0 Å². The van der Waals surface area contributed by atoms with E-state index in [9.17, 15) is 4.79 Å². The molecule has 2 aromatic rings. The molecular formula is C16H18N4OS2. The molecule has 3 aliphatic heterocycles. The van der Waals surface area contributed by atoms with Crippen molar-refractivity contribution in [3.8, 4) is 0 Å². The monoisotopic (exact) mass is 346 g/mol. The smallest absolute Gasteiger partial charge is 0.282 e. The maximum absolute atomic E-state index is 12.4. The number of aromatic nitrogens is 2. The fraction of sp³-hybridized carbons (Fsp3) is 0.438. The van der Waals surface area contributed by atoms with E-state index in [0.717, 1.165) is 15.8 Å². The highest BCUT2D eigenvalue weighted by molar-refractivity contribution is 8.01. The Morgan fingerprint density at radius 3 is 2.70 bits per heavy atom. The Morgan fingerprint density at radius 2 is 2.00 bits per heavy atom. The van der Waals surface area contributed by atoms with Crippen molar-refractivity contribution >= 4 is 29.0 Å². The molecule has 7 heteroatoms. The summed E-state index contributed by atoms with van der Waals surface area (Å²) in [7, 11) is 0. The summed E-state index contributed by atoms with van der Waals surface area (Å²) in [4.78, 5) is 16.0. The van der Waals surface area contributed by atoms with Crippen molar-refractivity contribution in [2.75, 3.05) is 19.6 Å². The summed E-state index contributed by atoms with van der Waals surface area (Å²) in [5.74, 6) is 0.538. The molecule has 3 saturated heterocycles. The van der Waals surface area contributed by atoms with Crippen molar-refractivity contribution in [2.45, 2.75) is 28.1 Å². The van der Waals surface area contributed by atoms with Crippen LogP contribution in [-0.4, -0.2) is 46.7 Å². The van der Waals surface area contributed by atoms with Crippen LogP contribution in [0, 0.1) is 5.92 Å². The Bertz CT molecular complexity index is 682. The van der Waals surface area contributed by atoms with Gasteiger partial charge in [-0.3, -0.25) is 4.79 Å². The van der Waals surface area contributed by atoms with Gasteiger partial charge in [0.25, 0.3) is 5.91 Å². The third kappa shape index (κ3) is 3.41. The second-order valence-electron chi connectivity index (χ2n) is 6.01. The molecule has 1 unspecified atom stereocenters. The minimum atomic E-state index is -0.0823. The third-order valence-corrected chi connectivity index (χ3v) is 6.50. The van der Waals surface area contributed by atoms with Gasteiger partial charge in [-0.1, -0.05) is 41.3 Å². The maximum atomic E-state index is 12.4. The highest BCUT2D eigenvalue weighted by Gasteiger charge is 2.35. The molecule has 1 aromatic carbocycles. The summed E-state index contributed by atoms with van der Waals surface area (Å²) in [6, 6.07) is 10.3. The lowest BCUT2D eigenvalue weighted by Gasteiger charge is -2.44. The van der Waals surface area contributed by atoms with Crippen LogP contribution in [0.25, 0.3) is 0 Å². The predicted molar refractivity (Wildman–Crippen MR) is 90.9 cm³/mol. The topological polar surface area (TPSA) is 58.1 Å². The molecule has 23 heavy (non-hydrogen) atoms. The molecule has 1 atom stereocenters. The standard InChI is InChI=1S/C16H18N4OS2/c21-14(17-13-10-20-8-6-11(13)7-9-20)15-18-19-16(23-15)22-12-4-2-1-3-5-12/h1-5,11,13H,6-10H2,(H,17,21). The fourth-order valence-electron chi connectivity index (χ4n) is 3.29. The molecule has 0 aliphatic carbocycles. The number of hydrogen-bond acceptors (Lipinski definition) is 6. The molecule has 0 saturated carbocycles. The molecule has 120 valence electrons. The van der Waals surface area contributed by atoms with E-state index in [1.165, 1.54) is 37.3 Å². The zero-order chi connectivity index (χ0) is 15.6.